The highest BCUT2D eigenvalue weighted by atomic mass is 32.2. The van der Waals surface area contributed by atoms with Crippen molar-refractivity contribution in [3.63, 3.8) is 0 Å². The molecule has 1 saturated heterocycles. The van der Waals surface area contributed by atoms with E-state index < -0.39 is 10.2 Å². The van der Waals surface area contributed by atoms with Gasteiger partial charge in [0.2, 0.25) is 0 Å². The van der Waals surface area contributed by atoms with Crippen molar-refractivity contribution in [3.05, 3.63) is 0 Å². The smallest absolute Gasteiger partial charge is 0.279 e. The minimum Gasteiger partial charge on any atom is -0.315 e. The molecule has 0 aromatic heterocycles. The Kier molecular flexibility index (Phi) is 5.45. The van der Waals surface area contributed by atoms with Gasteiger partial charge in [-0.2, -0.15) is 12.7 Å². The van der Waals surface area contributed by atoms with E-state index in [1.54, 1.807) is 4.31 Å². The number of likely N-dealkylation sites (N-methyl/N-ethyl adjacent to an activating group) is 1. The van der Waals surface area contributed by atoms with Gasteiger partial charge in [-0.25, -0.2) is 4.72 Å². The van der Waals surface area contributed by atoms with Crippen molar-refractivity contribution in [2.45, 2.75) is 58.4 Å². The standard InChI is InChI=1S/C14H29N3O2S/c1-3-15-11-13-7-4-5-10-17(13)20(18,19)16-12-14(2)8-6-9-14/h13,15-16H,3-12H2,1-2H3. The Labute approximate surface area is 123 Å². The molecule has 20 heavy (non-hydrogen) atoms. The second-order valence-corrected chi connectivity index (χ2v) is 8.27. The van der Waals surface area contributed by atoms with Gasteiger partial charge in [0, 0.05) is 25.7 Å². The fraction of sp³-hybridized carbons (Fsp3) is 1.00. The van der Waals surface area contributed by atoms with Crippen molar-refractivity contribution in [1.29, 1.82) is 0 Å². The van der Waals surface area contributed by atoms with Gasteiger partial charge in [0.15, 0.2) is 0 Å². The molecular weight excluding hydrogens is 274 g/mol. The molecule has 6 heteroatoms. The summed E-state index contributed by atoms with van der Waals surface area (Å²) in [5.74, 6) is 0. The van der Waals surface area contributed by atoms with Gasteiger partial charge >= 0.3 is 0 Å². The molecule has 0 radical (unpaired) electrons. The Morgan fingerprint density at radius 2 is 2.00 bits per heavy atom. The normalized spacial score (nSPS) is 27.2. The van der Waals surface area contributed by atoms with Gasteiger partial charge < -0.3 is 5.32 Å². The number of piperidine rings is 1. The van der Waals surface area contributed by atoms with Gasteiger partial charge in [0.05, 0.1) is 0 Å². The van der Waals surface area contributed by atoms with Crippen LogP contribution >= 0.6 is 0 Å². The number of nitrogens with zero attached hydrogens (tertiary/aromatic N) is 1. The summed E-state index contributed by atoms with van der Waals surface area (Å²) in [6, 6.07) is 0.107. The average Bonchev–Trinajstić information content (AvgIpc) is 2.41. The second kappa shape index (κ2) is 6.73. The predicted octanol–water partition coefficient (Wildman–Crippen LogP) is 1.47. The summed E-state index contributed by atoms with van der Waals surface area (Å²) in [7, 11) is -3.33. The van der Waals surface area contributed by atoms with Gasteiger partial charge in [-0.15, -0.1) is 0 Å². The molecule has 2 aliphatic rings. The van der Waals surface area contributed by atoms with E-state index in [0.29, 0.717) is 13.1 Å². The minimum atomic E-state index is -3.33. The average molecular weight is 303 g/mol. The van der Waals surface area contributed by atoms with E-state index in [0.717, 1.165) is 45.2 Å². The highest BCUT2D eigenvalue weighted by molar-refractivity contribution is 7.87. The summed E-state index contributed by atoms with van der Waals surface area (Å²) in [6.07, 6.45) is 6.56. The molecule has 5 nitrogen and oxygen atoms in total. The van der Waals surface area contributed by atoms with Crippen LogP contribution in [0.5, 0.6) is 0 Å². The zero-order valence-electron chi connectivity index (χ0n) is 12.8. The molecule has 1 heterocycles. The Bertz CT molecular complexity index is 407. The minimum absolute atomic E-state index is 0.107. The highest BCUT2D eigenvalue weighted by Gasteiger charge is 2.36. The van der Waals surface area contributed by atoms with Crippen LogP contribution in [0.2, 0.25) is 0 Å². The fourth-order valence-electron chi connectivity index (χ4n) is 3.11. The van der Waals surface area contributed by atoms with Crippen LogP contribution in [-0.4, -0.2) is 44.9 Å². The summed E-state index contributed by atoms with van der Waals surface area (Å²) in [6.45, 7) is 7.11. The molecule has 118 valence electrons. The number of hydrogen-bond donors (Lipinski definition) is 2. The first-order valence-corrected chi connectivity index (χ1v) is 9.38. The summed E-state index contributed by atoms with van der Waals surface area (Å²) >= 11 is 0. The van der Waals surface area contributed by atoms with Crippen LogP contribution in [0.3, 0.4) is 0 Å². The van der Waals surface area contributed by atoms with Crippen LogP contribution < -0.4 is 10.0 Å². The Morgan fingerprint density at radius 3 is 2.60 bits per heavy atom. The van der Waals surface area contributed by atoms with E-state index in [2.05, 4.69) is 23.9 Å². The molecule has 0 bridgehead atoms. The molecule has 2 rings (SSSR count). The maximum atomic E-state index is 12.5. The van der Waals surface area contributed by atoms with Crippen LogP contribution in [-0.2, 0) is 10.2 Å². The lowest BCUT2D eigenvalue weighted by Gasteiger charge is -2.40. The second-order valence-electron chi connectivity index (χ2n) is 6.56. The molecule has 0 aromatic carbocycles. The fourth-order valence-corrected chi connectivity index (χ4v) is 4.75. The molecule has 0 aromatic rings. The van der Waals surface area contributed by atoms with E-state index in [4.69, 9.17) is 0 Å². The van der Waals surface area contributed by atoms with E-state index in [9.17, 15) is 8.42 Å². The van der Waals surface area contributed by atoms with E-state index in [1.807, 2.05) is 0 Å². The third kappa shape index (κ3) is 3.93. The third-order valence-corrected chi connectivity index (χ3v) is 6.36. The quantitative estimate of drug-likeness (QED) is 0.749. The highest BCUT2D eigenvalue weighted by Crippen LogP contribution is 2.39. The van der Waals surface area contributed by atoms with E-state index in [-0.39, 0.29) is 11.5 Å². The van der Waals surface area contributed by atoms with Crippen molar-refractivity contribution in [2.75, 3.05) is 26.2 Å². The molecule has 1 aliphatic heterocycles. The molecule has 2 N–H and O–H groups in total. The first-order chi connectivity index (χ1) is 9.47. The summed E-state index contributed by atoms with van der Waals surface area (Å²) in [5.41, 5.74) is 0.181. The van der Waals surface area contributed by atoms with Gasteiger partial charge in [0.25, 0.3) is 10.2 Å². The largest absolute Gasteiger partial charge is 0.315 e. The molecule has 0 amide bonds. The number of nitrogens with one attached hydrogen (secondary N) is 2. The van der Waals surface area contributed by atoms with Gasteiger partial charge in [-0.05, 0) is 37.6 Å². The monoisotopic (exact) mass is 303 g/mol. The maximum absolute atomic E-state index is 12.5. The van der Waals surface area contributed by atoms with E-state index >= 15 is 0 Å². The van der Waals surface area contributed by atoms with Gasteiger partial charge in [-0.3, -0.25) is 0 Å². The molecular formula is C14H29N3O2S. The first-order valence-electron chi connectivity index (χ1n) is 7.94. The van der Waals surface area contributed by atoms with Crippen LogP contribution in [0.1, 0.15) is 52.4 Å². The molecule has 1 aliphatic carbocycles. The zero-order valence-corrected chi connectivity index (χ0v) is 13.6. The lowest BCUT2D eigenvalue weighted by Crippen LogP contribution is -2.54. The lowest BCUT2D eigenvalue weighted by molar-refractivity contribution is 0.163. The molecule has 2 fully saturated rings. The maximum Gasteiger partial charge on any atom is 0.279 e. The van der Waals surface area contributed by atoms with Crippen molar-refractivity contribution in [3.8, 4) is 0 Å². The third-order valence-electron chi connectivity index (χ3n) is 4.75. The Hall–Kier alpha value is -0.170. The van der Waals surface area contributed by atoms with Crippen molar-refractivity contribution >= 4 is 10.2 Å². The summed E-state index contributed by atoms with van der Waals surface area (Å²) < 4.78 is 29.6. The summed E-state index contributed by atoms with van der Waals surface area (Å²) in [5, 5.41) is 3.28. The number of hydrogen-bond acceptors (Lipinski definition) is 3. The van der Waals surface area contributed by atoms with Crippen LogP contribution in [0.4, 0.5) is 0 Å². The Balaban J connectivity index is 1.94. The zero-order chi connectivity index (χ0) is 14.6. The van der Waals surface area contributed by atoms with Gasteiger partial charge in [-0.1, -0.05) is 26.7 Å². The summed E-state index contributed by atoms with van der Waals surface area (Å²) in [4.78, 5) is 0. The SMILES string of the molecule is CCNCC1CCCCN1S(=O)(=O)NCC1(C)CCC1. The Morgan fingerprint density at radius 1 is 1.25 bits per heavy atom. The van der Waals surface area contributed by atoms with Crippen molar-refractivity contribution in [2.24, 2.45) is 5.41 Å². The van der Waals surface area contributed by atoms with Crippen molar-refractivity contribution < 1.29 is 8.42 Å². The van der Waals surface area contributed by atoms with E-state index in [1.165, 1.54) is 6.42 Å². The van der Waals surface area contributed by atoms with Crippen LogP contribution in [0.15, 0.2) is 0 Å². The molecule has 1 atom stereocenters. The van der Waals surface area contributed by atoms with Crippen LogP contribution in [0, 0.1) is 5.41 Å². The lowest BCUT2D eigenvalue weighted by atomic mass is 9.71. The first kappa shape index (κ1) is 16.2. The topological polar surface area (TPSA) is 61.4 Å². The predicted molar refractivity (Wildman–Crippen MR) is 81.8 cm³/mol. The van der Waals surface area contributed by atoms with Crippen molar-refractivity contribution in [1.82, 2.24) is 14.3 Å². The molecule has 1 unspecified atom stereocenters. The van der Waals surface area contributed by atoms with Gasteiger partial charge in [0.1, 0.15) is 0 Å². The number of rotatable bonds is 7. The molecule has 1 saturated carbocycles. The van der Waals surface area contributed by atoms with Crippen LogP contribution in [0.25, 0.3) is 0 Å². The molecule has 0 spiro atoms.